The summed E-state index contributed by atoms with van der Waals surface area (Å²) in [6.45, 7) is 1.49. The molecule has 0 bridgehead atoms. The highest BCUT2D eigenvalue weighted by Gasteiger charge is 2.36. The highest BCUT2D eigenvalue weighted by atomic mass is 32.2. The number of carbonyl (C=O) groups is 3. The van der Waals surface area contributed by atoms with Crippen LogP contribution in [0.4, 0.5) is 0 Å². The molecule has 11 heteroatoms. The predicted octanol–water partition coefficient (Wildman–Crippen LogP) is 3.28. The molecule has 172 valence electrons. The zero-order chi connectivity index (χ0) is 23.8. The Hall–Kier alpha value is -3.99. The Balaban J connectivity index is 1.35. The van der Waals surface area contributed by atoms with Gasteiger partial charge in [0.2, 0.25) is 11.1 Å². The number of rotatable bonds is 5. The lowest BCUT2D eigenvalue weighted by atomic mass is 10.1. The minimum absolute atomic E-state index is 0.000376. The van der Waals surface area contributed by atoms with Crippen molar-refractivity contribution < 1.29 is 23.9 Å². The first kappa shape index (κ1) is 21.8. The van der Waals surface area contributed by atoms with Crippen LogP contribution in [0.25, 0.3) is 17.4 Å². The number of thioether (sulfide) groups is 1. The molecule has 3 aliphatic heterocycles. The Morgan fingerprint density at radius 2 is 2.00 bits per heavy atom. The van der Waals surface area contributed by atoms with Crippen LogP contribution < -0.4 is 0 Å². The van der Waals surface area contributed by atoms with Crippen LogP contribution in [0, 0.1) is 5.41 Å². The number of nitrogens with zero attached hydrogens (tertiary/aromatic N) is 4. The second-order valence-electron chi connectivity index (χ2n) is 7.87. The van der Waals surface area contributed by atoms with E-state index in [9.17, 15) is 19.5 Å². The van der Waals surface area contributed by atoms with Crippen LogP contribution in [0.15, 0.2) is 56.5 Å². The summed E-state index contributed by atoms with van der Waals surface area (Å²) in [4.78, 5) is 42.1. The monoisotopic (exact) mass is 477 g/mol. The fourth-order valence-corrected chi connectivity index (χ4v) is 4.72. The molecule has 1 aromatic heterocycles. The lowest BCUT2D eigenvalue weighted by Gasteiger charge is -2.19. The topological polar surface area (TPSA) is 140 Å². The second kappa shape index (κ2) is 8.75. The molecule has 2 amide bonds. The third-order valence-electron chi connectivity index (χ3n) is 5.56. The molecule has 0 unspecified atom stereocenters. The van der Waals surface area contributed by atoms with E-state index in [1.54, 1.807) is 29.2 Å². The van der Waals surface area contributed by atoms with Crippen LogP contribution in [0.2, 0.25) is 0 Å². The first-order chi connectivity index (χ1) is 16.4. The van der Waals surface area contributed by atoms with Crippen molar-refractivity contribution in [2.75, 3.05) is 13.1 Å². The van der Waals surface area contributed by atoms with Gasteiger partial charge in [0, 0.05) is 18.7 Å². The van der Waals surface area contributed by atoms with Gasteiger partial charge in [-0.2, -0.15) is 15.1 Å². The number of carboxylic acid groups (broad SMARTS) is 1. The lowest BCUT2D eigenvalue weighted by Crippen LogP contribution is -2.35. The number of fused-ring (bicyclic) bond motifs is 1. The van der Waals surface area contributed by atoms with Crippen molar-refractivity contribution in [1.82, 2.24) is 9.91 Å². The Bertz CT molecular complexity index is 1320. The molecule has 2 N–H and O–H groups in total. The molecule has 10 nitrogen and oxygen atoms in total. The molecular formula is C23H19N5O5S. The molecule has 5 rings (SSSR count). The third-order valence-corrected chi connectivity index (χ3v) is 6.47. The van der Waals surface area contributed by atoms with Crippen LogP contribution in [0.1, 0.15) is 35.4 Å². The van der Waals surface area contributed by atoms with Crippen LogP contribution in [0.5, 0.6) is 0 Å². The van der Waals surface area contributed by atoms with Gasteiger partial charge in [0.05, 0.1) is 17.6 Å². The minimum atomic E-state index is -1.05. The summed E-state index contributed by atoms with van der Waals surface area (Å²) < 4.78 is 5.77. The summed E-state index contributed by atoms with van der Waals surface area (Å²) in [6.07, 6.45) is 3.51. The number of aliphatic imine (C=N–C) groups is 1. The fourth-order valence-electron chi connectivity index (χ4n) is 3.84. The number of nitrogens with one attached hydrogen (secondary N) is 1. The summed E-state index contributed by atoms with van der Waals surface area (Å²) in [6, 6.07) is 9.59. The van der Waals surface area contributed by atoms with E-state index in [-0.39, 0.29) is 34.5 Å². The smallest absolute Gasteiger partial charge is 0.335 e. The highest BCUT2D eigenvalue weighted by molar-refractivity contribution is 8.27. The number of hydrogen-bond acceptors (Lipinski definition) is 7. The number of furan rings is 1. The normalized spacial score (nSPS) is 18.9. The van der Waals surface area contributed by atoms with E-state index in [0.29, 0.717) is 22.1 Å². The molecule has 1 fully saturated rings. The van der Waals surface area contributed by atoms with Gasteiger partial charge in [-0.1, -0.05) is 12.1 Å². The van der Waals surface area contributed by atoms with Crippen molar-refractivity contribution in [1.29, 1.82) is 5.41 Å². The van der Waals surface area contributed by atoms with Gasteiger partial charge >= 0.3 is 5.97 Å². The van der Waals surface area contributed by atoms with Gasteiger partial charge < -0.3 is 14.4 Å². The summed E-state index contributed by atoms with van der Waals surface area (Å²) in [5.74, 6) is -1.09. The number of benzene rings is 1. The largest absolute Gasteiger partial charge is 0.478 e. The van der Waals surface area contributed by atoms with E-state index in [1.165, 1.54) is 23.2 Å². The average Bonchev–Trinajstić information content (AvgIpc) is 3.58. The Morgan fingerprint density at radius 3 is 2.76 bits per heavy atom. The van der Waals surface area contributed by atoms with E-state index < -0.39 is 11.9 Å². The average molecular weight is 478 g/mol. The van der Waals surface area contributed by atoms with Gasteiger partial charge in [0.25, 0.3) is 5.91 Å². The molecule has 0 radical (unpaired) electrons. The molecule has 1 saturated heterocycles. The van der Waals surface area contributed by atoms with Gasteiger partial charge in [0.15, 0.2) is 5.84 Å². The van der Waals surface area contributed by atoms with Crippen LogP contribution in [-0.4, -0.2) is 61.9 Å². The quantitative estimate of drug-likeness (QED) is 0.630. The van der Waals surface area contributed by atoms with Crippen molar-refractivity contribution in [2.24, 2.45) is 10.1 Å². The van der Waals surface area contributed by atoms with Crippen LogP contribution in [0.3, 0.4) is 0 Å². The number of aromatic carboxylic acids is 1. The molecule has 0 atom stereocenters. The lowest BCUT2D eigenvalue weighted by molar-refractivity contribution is -0.128. The van der Waals surface area contributed by atoms with Crippen molar-refractivity contribution in [3.8, 4) is 11.3 Å². The number of hydrogen-bond donors (Lipinski definition) is 2. The maximum Gasteiger partial charge on any atom is 0.335 e. The molecular weight excluding hydrogens is 458 g/mol. The molecule has 0 aliphatic carbocycles. The highest BCUT2D eigenvalue weighted by Crippen LogP contribution is 2.31. The van der Waals surface area contributed by atoms with Gasteiger partial charge in [-0.15, -0.1) is 0 Å². The Kier molecular flexibility index (Phi) is 5.62. The molecule has 4 heterocycles. The SMILES string of the molecule is N=C1/C(=C/c2ccc(-c3cccc(C(=O)O)c3)o2)C(=O)N=C2SC(CC(=O)N3CCCC3)=NN12. The van der Waals surface area contributed by atoms with Crippen LogP contribution >= 0.6 is 11.8 Å². The van der Waals surface area contributed by atoms with Crippen molar-refractivity contribution >= 4 is 51.7 Å². The number of likely N-dealkylation sites (tertiary alicyclic amines) is 1. The summed E-state index contributed by atoms with van der Waals surface area (Å²) in [5.41, 5.74) is 0.700. The van der Waals surface area contributed by atoms with E-state index in [2.05, 4.69) is 10.1 Å². The summed E-state index contributed by atoms with van der Waals surface area (Å²) in [5, 5.41) is 24.0. The van der Waals surface area contributed by atoms with E-state index in [0.717, 1.165) is 37.7 Å². The number of carboxylic acids is 1. The Morgan fingerprint density at radius 1 is 1.21 bits per heavy atom. The first-order valence-corrected chi connectivity index (χ1v) is 11.4. The number of hydrazone groups is 1. The minimum Gasteiger partial charge on any atom is -0.478 e. The van der Waals surface area contributed by atoms with Crippen LogP contribution in [-0.2, 0) is 9.59 Å². The zero-order valence-electron chi connectivity index (χ0n) is 17.9. The maximum atomic E-state index is 12.6. The second-order valence-corrected chi connectivity index (χ2v) is 8.91. The maximum absolute atomic E-state index is 12.6. The van der Waals surface area contributed by atoms with Gasteiger partial charge in [-0.05, 0) is 54.9 Å². The fraction of sp³-hybridized carbons (Fsp3) is 0.217. The summed E-state index contributed by atoms with van der Waals surface area (Å²) >= 11 is 1.12. The predicted molar refractivity (Wildman–Crippen MR) is 127 cm³/mol. The van der Waals surface area contributed by atoms with E-state index >= 15 is 0 Å². The number of amides is 2. The van der Waals surface area contributed by atoms with Crippen molar-refractivity contribution in [3.05, 3.63) is 53.3 Å². The molecule has 1 aromatic carbocycles. The zero-order valence-corrected chi connectivity index (χ0v) is 18.7. The number of amidine groups is 2. The first-order valence-electron chi connectivity index (χ1n) is 10.6. The molecule has 2 aromatic rings. The Labute approximate surface area is 198 Å². The molecule has 34 heavy (non-hydrogen) atoms. The van der Waals surface area contributed by atoms with Gasteiger partial charge in [-0.3, -0.25) is 15.0 Å². The third kappa shape index (κ3) is 4.17. The standard InChI is InChI=1S/C23H19N5O5S/c24-20-16(11-15-6-7-17(33-15)13-4-3-5-14(10-13)22(31)32)21(30)25-23-28(20)26-18(34-23)12-19(29)27-8-1-2-9-27/h3-7,10-11,24H,1-2,8-9,12H2,(H,31,32)/b16-11-,24-20?. The molecule has 0 saturated carbocycles. The molecule has 0 spiro atoms. The molecule has 3 aliphatic rings. The summed E-state index contributed by atoms with van der Waals surface area (Å²) in [7, 11) is 0. The number of carbonyl (C=O) groups excluding carboxylic acids is 2. The van der Waals surface area contributed by atoms with Gasteiger partial charge in [0.1, 0.15) is 16.6 Å². The van der Waals surface area contributed by atoms with E-state index in [1.807, 2.05) is 0 Å². The van der Waals surface area contributed by atoms with E-state index in [4.69, 9.17) is 9.83 Å². The van der Waals surface area contributed by atoms with Crippen molar-refractivity contribution in [2.45, 2.75) is 19.3 Å². The van der Waals surface area contributed by atoms with Crippen molar-refractivity contribution in [3.63, 3.8) is 0 Å². The van der Waals surface area contributed by atoms with Gasteiger partial charge in [-0.25, -0.2) is 4.79 Å².